The highest BCUT2D eigenvalue weighted by atomic mass is 79.9. The molecule has 1 rings (SSSR count). The molecule has 0 saturated heterocycles. The molecule has 0 amide bonds. The van der Waals surface area contributed by atoms with E-state index in [1.165, 1.54) is 0 Å². The molecule has 0 fully saturated rings. The molecule has 1 atom stereocenters. The summed E-state index contributed by atoms with van der Waals surface area (Å²) < 4.78 is 2.80. The van der Waals surface area contributed by atoms with E-state index in [9.17, 15) is 0 Å². The summed E-state index contributed by atoms with van der Waals surface area (Å²) in [4.78, 5) is 0. The fourth-order valence-corrected chi connectivity index (χ4v) is 1.44. The molecule has 0 aromatic carbocycles. The maximum absolute atomic E-state index is 5.94. The van der Waals surface area contributed by atoms with Gasteiger partial charge in [0.05, 0.1) is 21.7 Å². The Morgan fingerprint density at radius 1 is 1.77 bits per heavy atom. The van der Waals surface area contributed by atoms with Crippen molar-refractivity contribution in [3.8, 4) is 0 Å². The Balaban J connectivity index is 3.03. The Kier molecular flexibility index (Phi) is 3.56. The quantitative estimate of drug-likeness (QED) is 0.749. The van der Waals surface area contributed by atoms with Crippen LogP contribution in [0.3, 0.4) is 0 Å². The summed E-state index contributed by atoms with van der Waals surface area (Å²) in [6, 6.07) is 0. The van der Waals surface area contributed by atoms with Crippen LogP contribution in [-0.4, -0.2) is 15.2 Å². The predicted molar refractivity (Wildman–Crippen MR) is 59.9 cm³/mol. The van der Waals surface area contributed by atoms with Crippen LogP contribution in [0.2, 0.25) is 0 Å². The molecule has 72 valence electrons. The second-order valence-electron chi connectivity index (χ2n) is 3.01. The lowest BCUT2D eigenvalue weighted by Crippen LogP contribution is -1.97. The third-order valence-electron chi connectivity index (χ3n) is 1.93. The number of aromatic nitrogens is 2. The third kappa shape index (κ3) is 2.58. The Bertz CT molecular complexity index is 309. The lowest BCUT2D eigenvalue weighted by atomic mass is 10.2. The van der Waals surface area contributed by atoms with Gasteiger partial charge in [-0.2, -0.15) is 5.10 Å². The summed E-state index contributed by atoms with van der Waals surface area (Å²) in [5, 5.41) is 4.17. The highest BCUT2D eigenvalue weighted by Gasteiger charge is 2.05. The second kappa shape index (κ2) is 4.29. The molecule has 0 saturated carbocycles. The van der Waals surface area contributed by atoms with Crippen LogP contribution in [0.4, 0.5) is 0 Å². The molecule has 2 nitrogen and oxygen atoms in total. The van der Waals surface area contributed by atoms with Gasteiger partial charge in [-0.25, -0.2) is 0 Å². The smallest absolute Gasteiger partial charge is 0.0748 e. The van der Waals surface area contributed by atoms with Crippen LogP contribution in [0.15, 0.2) is 16.2 Å². The van der Waals surface area contributed by atoms with Crippen LogP contribution in [0.5, 0.6) is 0 Å². The summed E-state index contributed by atoms with van der Waals surface area (Å²) in [5.41, 5.74) is 2.18. The van der Waals surface area contributed by atoms with Crippen molar-refractivity contribution in [2.24, 2.45) is 7.05 Å². The first-order valence-corrected chi connectivity index (χ1v) is 5.25. The Hall–Kier alpha value is -0.280. The van der Waals surface area contributed by atoms with E-state index in [0.717, 1.165) is 15.7 Å². The average molecular weight is 264 g/mol. The van der Waals surface area contributed by atoms with E-state index in [1.807, 2.05) is 31.7 Å². The molecule has 1 aromatic heterocycles. The first-order valence-electron chi connectivity index (χ1n) is 4.02. The van der Waals surface area contributed by atoms with Crippen LogP contribution in [0, 0.1) is 0 Å². The first-order chi connectivity index (χ1) is 6.02. The van der Waals surface area contributed by atoms with Gasteiger partial charge in [-0.05, 0) is 35.9 Å². The molecule has 0 bridgehead atoms. The molecular weight excluding hydrogens is 251 g/mol. The average Bonchev–Trinajstić information content (AvgIpc) is 2.35. The van der Waals surface area contributed by atoms with E-state index < -0.39 is 0 Å². The van der Waals surface area contributed by atoms with Gasteiger partial charge in [-0.15, -0.1) is 11.6 Å². The Morgan fingerprint density at radius 2 is 2.38 bits per heavy atom. The molecule has 0 N–H and O–H groups in total. The van der Waals surface area contributed by atoms with Crippen molar-refractivity contribution in [1.29, 1.82) is 0 Å². The molecule has 0 aliphatic rings. The Morgan fingerprint density at radius 3 is 2.77 bits per heavy atom. The van der Waals surface area contributed by atoms with Crippen LogP contribution in [-0.2, 0) is 7.05 Å². The van der Waals surface area contributed by atoms with Gasteiger partial charge in [0.1, 0.15) is 0 Å². The number of aryl methyl sites for hydroxylation is 1. The van der Waals surface area contributed by atoms with Gasteiger partial charge in [0.2, 0.25) is 0 Å². The summed E-state index contributed by atoms with van der Waals surface area (Å²) in [6.07, 6.45) is 3.81. The molecule has 4 heteroatoms. The standard InChI is InChI=1S/C9H12BrClN2/c1-6(7(2)11)4-9-8(10)5-12-13(9)3/h4-5,7H,1-3H3/b6-4+. The van der Waals surface area contributed by atoms with Crippen LogP contribution >= 0.6 is 27.5 Å². The SMILES string of the molecule is C/C(=C\c1c(Br)cnn1C)C(C)Cl. The fourth-order valence-electron chi connectivity index (χ4n) is 0.913. The van der Waals surface area contributed by atoms with Crippen molar-refractivity contribution in [3.63, 3.8) is 0 Å². The van der Waals surface area contributed by atoms with Gasteiger partial charge in [-0.1, -0.05) is 5.57 Å². The minimum atomic E-state index is 0.0572. The predicted octanol–water partition coefficient (Wildman–Crippen LogP) is 3.21. The summed E-state index contributed by atoms with van der Waals surface area (Å²) in [5.74, 6) is 0. The fraction of sp³-hybridized carbons (Fsp3) is 0.444. The van der Waals surface area contributed by atoms with E-state index in [-0.39, 0.29) is 5.38 Å². The highest BCUT2D eigenvalue weighted by Crippen LogP contribution is 2.20. The van der Waals surface area contributed by atoms with Crippen molar-refractivity contribution in [2.45, 2.75) is 19.2 Å². The summed E-state index contributed by atoms with van der Waals surface area (Å²) in [6.45, 7) is 3.97. The largest absolute Gasteiger partial charge is 0.267 e. The molecule has 1 unspecified atom stereocenters. The molecule has 0 aliphatic carbocycles. The van der Waals surface area contributed by atoms with Crippen LogP contribution < -0.4 is 0 Å². The normalized spacial score (nSPS) is 14.7. The van der Waals surface area contributed by atoms with Crippen molar-refractivity contribution >= 4 is 33.6 Å². The van der Waals surface area contributed by atoms with Gasteiger partial charge in [-0.3, -0.25) is 4.68 Å². The summed E-state index contributed by atoms with van der Waals surface area (Å²) >= 11 is 9.36. The van der Waals surface area contributed by atoms with E-state index in [0.29, 0.717) is 0 Å². The zero-order valence-electron chi connectivity index (χ0n) is 7.88. The number of halogens is 2. The van der Waals surface area contributed by atoms with Crippen molar-refractivity contribution in [1.82, 2.24) is 9.78 Å². The molecule has 0 spiro atoms. The molecular formula is C9H12BrClN2. The van der Waals surface area contributed by atoms with Gasteiger partial charge in [0.25, 0.3) is 0 Å². The third-order valence-corrected chi connectivity index (χ3v) is 2.88. The van der Waals surface area contributed by atoms with E-state index in [4.69, 9.17) is 11.6 Å². The van der Waals surface area contributed by atoms with Crippen LogP contribution in [0.25, 0.3) is 6.08 Å². The summed E-state index contributed by atoms with van der Waals surface area (Å²) in [7, 11) is 1.91. The first kappa shape index (κ1) is 10.8. The number of hydrogen-bond donors (Lipinski definition) is 0. The molecule has 0 radical (unpaired) electrons. The highest BCUT2D eigenvalue weighted by molar-refractivity contribution is 9.10. The van der Waals surface area contributed by atoms with E-state index in [2.05, 4.69) is 21.0 Å². The maximum atomic E-state index is 5.94. The zero-order valence-corrected chi connectivity index (χ0v) is 10.2. The maximum Gasteiger partial charge on any atom is 0.0748 e. The number of alkyl halides is 1. The van der Waals surface area contributed by atoms with E-state index >= 15 is 0 Å². The zero-order chi connectivity index (χ0) is 10.0. The Labute approximate surface area is 91.7 Å². The van der Waals surface area contributed by atoms with Crippen LogP contribution in [0.1, 0.15) is 19.5 Å². The van der Waals surface area contributed by atoms with Gasteiger partial charge in [0, 0.05) is 7.05 Å². The number of hydrogen-bond acceptors (Lipinski definition) is 1. The van der Waals surface area contributed by atoms with Crippen molar-refractivity contribution in [3.05, 3.63) is 21.9 Å². The van der Waals surface area contributed by atoms with Gasteiger partial charge < -0.3 is 0 Å². The van der Waals surface area contributed by atoms with E-state index in [1.54, 1.807) is 6.20 Å². The van der Waals surface area contributed by atoms with Crippen molar-refractivity contribution in [2.75, 3.05) is 0 Å². The molecule has 1 heterocycles. The number of nitrogens with zero attached hydrogens (tertiary/aromatic N) is 2. The monoisotopic (exact) mass is 262 g/mol. The van der Waals surface area contributed by atoms with Gasteiger partial charge >= 0.3 is 0 Å². The molecule has 0 aliphatic heterocycles. The lowest BCUT2D eigenvalue weighted by molar-refractivity contribution is 0.758. The van der Waals surface area contributed by atoms with Gasteiger partial charge in [0.15, 0.2) is 0 Å². The minimum absolute atomic E-state index is 0.0572. The minimum Gasteiger partial charge on any atom is -0.267 e. The number of allylic oxidation sites excluding steroid dienone is 1. The molecule has 1 aromatic rings. The molecule has 13 heavy (non-hydrogen) atoms. The second-order valence-corrected chi connectivity index (χ2v) is 4.51. The topological polar surface area (TPSA) is 17.8 Å². The van der Waals surface area contributed by atoms with Crippen molar-refractivity contribution < 1.29 is 0 Å². The lowest BCUT2D eigenvalue weighted by Gasteiger charge is -2.03. The number of rotatable bonds is 2.